The monoisotopic (exact) mass is 562 g/mol. The zero-order valence-corrected chi connectivity index (χ0v) is 23.6. The van der Waals surface area contributed by atoms with Crippen LogP contribution >= 0.6 is 23.2 Å². The molecule has 0 aliphatic heterocycles. The van der Waals surface area contributed by atoms with Crippen LogP contribution in [0.4, 0.5) is 0 Å². The number of fused-ring (bicyclic) bond motifs is 1. The fourth-order valence-corrected chi connectivity index (χ4v) is 4.82. The predicted octanol–water partition coefficient (Wildman–Crippen LogP) is 6.94. The SMILES string of the molecule is CC(C)CNC(=O)[C@H](Cc1ccccc1)N(Cc1ccc(Cl)cc1Cl)C(=O)COc1cccc2ccccc12. The van der Waals surface area contributed by atoms with Crippen LogP contribution in [0.5, 0.6) is 5.75 Å². The van der Waals surface area contributed by atoms with Crippen molar-refractivity contribution in [3.05, 3.63) is 112 Å². The lowest BCUT2D eigenvalue weighted by molar-refractivity contribution is -0.142. The van der Waals surface area contributed by atoms with Crippen LogP contribution in [0, 0.1) is 5.92 Å². The molecule has 4 rings (SSSR count). The first-order valence-corrected chi connectivity index (χ1v) is 13.7. The number of nitrogens with zero attached hydrogens (tertiary/aromatic N) is 1. The predicted molar refractivity (Wildman–Crippen MR) is 158 cm³/mol. The van der Waals surface area contributed by atoms with E-state index in [1.54, 1.807) is 23.1 Å². The van der Waals surface area contributed by atoms with Gasteiger partial charge < -0.3 is 15.0 Å². The van der Waals surface area contributed by atoms with Gasteiger partial charge in [0.25, 0.3) is 5.91 Å². The lowest BCUT2D eigenvalue weighted by Gasteiger charge is -2.32. The van der Waals surface area contributed by atoms with E-state index in [-0.39, 0.29) is 30.9 Å². The molecule has 2 amide bonds. The molecule has 0 radical (unpaired) electrons. The summed E-state index contributed by atoms with van der Waals surface area (Å²) >= 11 is 12.6. The molecule has 1 atom stereocenters. The lowest BCUT2D eigenvalue weighted by atomic mass is 10.0. The molecule has 0 unspecified atom stereocenters. The summed E-state index contributed by atoms with van der Waals surface area (Å²) in [6, 6.07) is 27.6. The van der Waals surface area contributed by atoms with E-state index < -0.39 is 6.04 Å². The molecule has 0 saturated heterocycles. The van der Waals surface area contributed by atoms with E-state index in [9.17, 15) is 9.59 Å². The van der Waals surface area contributed by atoms with Gasteiger partial charge in [0.1, 0.15) is 11.8 Å². The average molecular weight is 564 g/mol. The van der Waals surface area contributed by atoms with E-state index in [2.05, 4.69) is 5.32 Å². The Morgan fingerprint density at radius 1 is 0.897 bits per heavy atom. The quantitative estimate of drug-likeness (QED) is 0.215. The Labute approximate surface area is 239 Å². The maximum absolute atomic E-state index is 13.9. The smallest absolute Gasteiger partial charge is 0.261 e. The van der Waals surface area contributed by atoms with Crippen LogP contribution < -0.4 is 10.1 Å². The molecule has 0 aromatic heterocycles. The average Bonchev–Trinajstić information content (AvgIpc) is 2.93. The van der Waals surface area contributed by atoms with Crippen molar-refractivity contribution in [2.24, 2.45) is 5.92 Å². The highest BCUT2D eigenvalue weighted by atomic mass is 35.5. The normalized spacial score (nSPS) is 11.8. The zero-order valence-electron chi connectivity index (χ0n) is 22.1. The van der Waals surface area contributed by atoms with Crippen LogP contribution in [0.25, 0.3) is 10.8 Å². The highest BCUT2D eigenvalue weighted by Crippen LogP contribution is 2.27. The second-order valence-corrected chi connectivity index (χ2v) is 10.7. The molecule has 202 valence electrons. The topological polar surface area (TPSA) is 58.6 Å². The number of benzene rings is 4. The second-order valence-electron chi connectivity index (χ2n) is 9.87. The van der Waals surface area contributed by atoms with Crippen molar-refractivity contribution in [3.63, 3.8) is 0 Å². The Bertz CT molecular complexity index is 1420. The van der Waals surface area contributed by atoms with Gasteiger partial charge in [-0.05, 0) is 40.6 Å². The summed E-state index contributed by atoms with van der Waals surface area (Å²) in [4.78, 5) is 29.0. The minimum Gasteiger partial charge on any atom is -0.483 e. The molecule has 0 fully saturated rings. The highest BCUT2D eigenvalue weighted by molar-refractivity contribution is 6.35. The number of amides is 2. The summed E-state index contributed by atoms with van der Waals surface area (Å²) < 4.78 is 6.05. The van der Waals surface area contributed by atoms with Gasteiger partial charge in [0.15, 0.2) is 6.61 Å². The van der Waals surface area contributed by atoms with E-state index in [1.807, 2.05) is 86.6 Å². The number of hydrogen-bond acceptors (Lipinski definition) is 3. The third kappa shape index (κ3) is 7.75. The molecular weight excluding hydrogens is 531 g/mol. The number of halogens is 2. The van der Waals surface area contributed by atoms with Crippen molar-refractivity contribution in [2.75, 3.05) is 13.2 Å². The van der Waals surface area contributed by atoms with Crippen LogP contribution in [0.2, 0.25) is 10.0 Å². The summed E-state index contributed by atoms with van der Waals surface area (Å²) in [5, 5.41) is 5.87. The minimum atomic E-state index is -0.776. The van der Waals surface area contributed by atoms with Crippen LogP contribution in [0.1, 0.15) is 25.0 Å². The van der Waals surface area contributed by atoms with Crippen molar-refractivity contribution in [3.8, 4) is 5.75 Å². The third-order valence-corrected chi connectivity index (χ3v) is 7.00. The first-order valence-electron chi connectivity index (χ1n) is 13.0. The van der Waals surface area contributed by atoms with Gasteiger partial charge in [0, 0.05) is 34.9 Å². The van der Waals surface area contributed by atoms with E-state index in [0.717, 1.165) is 16.3 Å². The van der Waals surface area contributed by atoms with Crippen molar-refractivity contribution in [2.45, 2.75) is 32.9 Å². The van der Waals surface area contributed by atoms with E-state index >= 15 is 0 Å². The lowest BCUT2D eigenvalue weighted by Crippen LogP contribution is -2.52. The number of carbonyl (C=O) groups is 2. The first kappa shape index (κ1) is 28.5. The van der Waals surface area contributed by atoms with E-state index in [0.29, 0.717) is 34.3 Å². The summed E-state index contributed by atoms with van der Waals surface area (Å²) in [6.07, 6.45) is 0.343. The van der Waals surface area contributed by atoms with Gasteiger partial charge in [-0.15, -0.1) is 0 Å². The molecule has 0 heterocycles. The van der Waals surface area contributed by atoms with Crippen molar-refractivity contribution < 1.29 is 14.3 Å². The maximum Gasteiger partial charge on any atom is 0.261 e. The Hall–Kier alpha value is -3.54. The van der Waals surface area contributed by atoms with E-state index in [1.165, 1.54) is 0 Å². The fraction of sp³-hybridized carbons (Fsp3) is 0.250. The van der Waals surface area contributed by atoms with Gasteiger partial charge in [-0.2, -0.15) is 0 Å². The van der Waals surface area contributed by atoms with Crippen LogP contribution in [0.3, 0.4) is 0 Å². The molecule has 0 saturated carbocycles. The summed E-state index contributed by atoms with van der Waals surface area (Å²) in [6.45, 7) is 4.45. The largest absolute Gasteiger partial charge is 0.483 e. The van der Waals surface area contributed by atoms with Gasteiger partial charge in [0.05, 0.1) is 0 Å². The molecule has 39 heavy (non-hydrogen) atoms. The Morgan fingerprint density at radius 2 is 1.62 bits per heavy atom. The van der Waals surface area contributed by atoms with Crippen molar-refractivity contribution in [1.29, 1.82) is 0 Å². The van der Waals surface area contributed by atoms with Crippen LogP contribution in [-0.2, 0) is 22.6 Å². The molecule has 0 aliphatic carbocycles. The molecule has 4 aromatic carbocycles. The molecule has 5 nitrogen and oxygen atoms in total. The fourth-order valence-electron chi connectivity index (χ4n) is 4.35. The Kier molecular flexibility index (Phi) is 9.85. The van der Waals surface area contributed by atoms with Gasteiger partial charge in [-0.1, -0.05) is 110 Å². The second kappa shape index (κ2) is 13.5. The maximum atomic E-state index is 13.9. The van der Waals surface area contributed by atoms with Crippen molar-refractivity contribution >= 4 is 45.8 Å². The first-order chi connectivity index (χ1) is 18.8. The zero-order chi connectivity index (χ0) is 27.8. The van der Waals surface area contributed by atoms with Gasteiger partial charge in [0.2, 0.25) is 5.91 Å². The standard InChI is InChI=1S/C32H32Cl2N2O3/c1-22(2)19-35-32(38)29(17-23-9-4-3-5-10-23)36(20-25-15-16-26(33)18-28(25)34)31(37)21-39-30-14-8-12-24-11-6-7-13-27(24)30/h3-16,18,22,29H,17,19-21H2,1-2H3,(H,35,38)/t29-/m0/s1. The molecule has 0 aliphatic rings. The Morgan fingerprint density at radius 3 is 2.36 bits per heavy atom. The molecular formula is C32H32Cl2N2O3. The Balaban J connectivity index is 1.66. The summed E-state index contributed by atoms with van der Waals surface area (Å²) in [5.41, 5.74) is 1.63. The highest BCUT2D eigenvalue weighted by Gasteiger charge is 2.31. The number of ether oxygens (including phenoxy) is 1. The van der Waals surface area contributed by atoms with Gasteiger partial charge in [-0.3, -0.25) is 9.59 Å². The molecule has 7 heteroatoms. The van der Waals surface area contributed by atoms with Crippen LogP contribution in [0.15, 0.2) is 91.0 Å². The van der Waals surface area contributed by atoms with Gasteiger partial charge in [-0.25, -0.2) is 0 Å². The number of nitrogens with one attached hydrogen (secondary N) is 1. The van der Waals surface area contributed by atoms with Crippen LogP contribution in [-0.4, -0.2) is 35.9 Å². The number of rotatable bonds is 11. The van der Waals surface area contributed by atoms with Gasteiger partial charge >= 0.3 is 0 Å². The number of hydrogen-bond donors (Lipinski definition) is 1. The molecule has 0 bridgehead atoms. The van der Waals surface area contributed by atoms with Crippen molar-refractivity contribution in [1.82, 2.24) is 10.2 Å². The molecule has 4 aromatic rings. The molecule has 0 spiro atoms. The molecule has 1 N–H and O–H groups in total. The number of carbonyl (C=O) groups excluding carboxylic acids is 2. The van der Waals surface area contributed by atoms with E-state index in [4.69, 9.17) is 27.9 Å². The summed E-state index contributed by atoms with van der Waals surface area (Å²) in [7, 11) is 0. The minimum absolute atomic E-state index is 0.125. The third-order valence-electron chi connectivity index (χ3n) is 6.41. The summed E-state index contributed by atoms with van der Waals surface area (Å²) in [5.74, 6) is 0.316.